The average Bonchev–Trinajstić information content (AvgIpc) is 3.52. The van der Waals surface area contributed by atoms with E-state index in [1.54, 1.807) is 18.2 Å². The fourth-order valence-corrected chi connectivity index (χ4v) is 5.27. The van der Waals surface area contributed by atoms with Gasteiger partial charge >= 0.3 is 0 Å². The predicted octanol–water partition coefficient (Wildman–Crippen LogP) is 2.79. The van der Waals surface area contributed by atoms with Crippen molar-refractivity contribution in [2.24, 2.45) is 0 Å². The van der Waals surface area contributed by atoms with Crippen LogP contribution in [0.4, 0.5) is 16.0 Å². The van der Waals surface area contributed by atoms with Gasteiger partial charge in [-0.1, -0.05) is 0 Å². The Bertz CT molecular complexity index is 1180. The lowest BCUT2D eigenvalue weighted by Crippen LogP contribution is -2.39. The van der Waals surface area contributed by atoms with Gasteiger partial charge in [-0.2, -0.15) is 9.40 Å². The van der Waals surface area contributed by atoms with Gasteiger partial charge in [-0.05, 0) is 56.0 Å². The maximum absolute atomic E-state index is 13.2. The molecule has 1 saturated heterocycles. The van der Waals surface area contributed by atoms with Gasteiger partial charge < -0.3 is 10.4 Å². The van der Waals surface area contributed by atoms with Gasteiger partial charge in [0.2, 0.25) is 10.0 Å². The number of aromatic nitrogens is 3. The Morgan fingerprint density at radius 2 is 1.87 bits per heavy atom. The molecule has 0 amide bonds. The Hall–Kier alpha value is -2.56. The van der Waals surface area contributed by atoms with E-state index in [1.807, 2.05) is 4.68 Å². The molecule has 0 radical (unpaired) electrons. The van der Waals surface area contributed by atoms with E-state index in [0.29, 0.717) is 49.0 Å². The van der Waals surface area contributed by atoms with Gasteiger partial charge in [-0.3, -0.25) is 4.68 Å². The Morgan fingerprint density at radius 3 is 2.53 bits per heavy atom. The molecule has 0 bridgehead atoms. The van der Waals surface area contributed by atoms with Crippen molar-refractivity contribution >= 4 is 32.6 Å². The Labute approximate surface area is 173 Å². The normalized spacial score (nSPS) is 18.7. The van der Waals surface area contributed by atoms with E-state index in [0.717, 1.165) is 24.6 Å². The van der Waals surface area contributed by atoms with Crippen LogP contribution in [0.25, 0.3) is 10.9 Å². The summed E-state index contributed by atoms with van der Waals surface area (Å²) in [6.45, 7) is 0.598. The highest BCUT2D eigenvalue weighted by atomic mass is 32.2. The molecular weight excluding hydrogens is 409 g/mol. The number of benzene rings is 1. The van der Waals surface area contributed by atoms with Crippen molar-refractivity contribution < 1.29 is 17.9 Å². The molecular formula is C20H22FN5O3S. The van der Waals surface area contributed by atoms with Crippen LogP contribution in [-0.2, 0) is 10.0 Å². The second kappa shape index (κ2) is 7.29. The van der Waals surface area contributed by atoms with E-state index < -0.39 is 21.9 Å². The van der Waals surface area contributed by atoms with Crippen molar-refractivity contribution in [3.63, 3.8) is 0 Å². The van der Waals surface area contributed by atoms with Crippen molar-refractivity contribution in [3.8, 4) is 0 Å². The fraction of sp³-hybridized carbons (Fsp3) is 0.400. The molecule has 0 spiro atoms. The molecule has 10 heteroatoms. The molecule has 8 nitrogen and oxygen atoms in total. The molecule has 158 valence electrons. The zero-order valence-corrected chi connectivity index (χ0v) is 17.0. The lowest BCUT2D eigenvalue weighted by atomic mass is 10.1. The van der Waals surface area contributed by atoms with Crippen molar-refractivity contribution in [1.29, 1.82) is 0 Å². The topological polar surface area (TPSA) is 100 Å². The number of halogens is 1. The highest BCUT2D eigenvalue weighted by Gasteiger charge is 2.31. The molecule has 1 aliphatic carbocycles. The number of rotatable bonds is 5. The molecule has 30 heavy (non-hydrogen) atoms. The molecule has 2 N–H and O–H groups in total. The number of nitrogens with zero attached hydrogens (tertiary/aromatic N) is 4. The number of nitrogens with one attached hydrogen (secondary N) is 1. The van der Waals surface area contributed by atoms with Crippen molar-refractivity contribution in [2.75, 3.05) is 18.4 Å². The Morgan fingerprint density at radius 1 is 1.10 bits per heavy atom. The molecule has 1 saturated carbocycles. The third-order valence-electron chi connectivity index (χ3n) is 5.61. The van der Waals surface area contributed by atoms with E-state index in [2.05, 4.69) is 15.4 Å². The van der Waals surface area contributed by atoms with Crippen LogP contribution in [-0.4, -0.2) is 51.8 Å². The van der Waals surface area contributed by atoms with Crippen LogP contribution < -0.4 is 5.32 Å². The van der Waals surface area contributed by atoms with Crippen molar-refractivity contribution in [1.82, 2.24) is 19.1 Å². The number of anilines is 2. The third kappa shape index (κ3) is 3.55. The number of aliphatic hydroxyl groups is 1. The minimum atomic E-state index is -3.68. The van der Waals surface area contributed by atoms with Crippen molar-refractivity contribution in [2.45, 2.75) is 42.7 Å². The quantitative estimate of drug-likeness (QED) is 0.644. The van der Waals surface area contributed by atoms with Gasteiger partial charge in [0.1, 0.15) is 11.6 Å². The second-order valence-electron chi connectivity index (χ2n) is 7.83. The van der Waals surface area contributed by atoms with Crippen LogP contribution in [0.1, 0.15) is 31.7 Å². The van der Waals surface area contributed by atoms with Crippen molar-refractivity contribution in [3.05, 3.63) is 42.3 Å². The number of hydrogen-bond donors (Lipinski definition) is 2. The minimum absolute atomic E-state index is 0.192. The summed E-state index contributed by atoms with van der Waals surface area (Å²) in [6.07, 6.45) is 3.59. The number of pyridine rings is 1. The molecule has 2 aliphatic rings. The molecule has 1 aliphatic heterocycles. The Kier molecular flexibility index (Phi) is 4.72. The number of sulfonamides is 1. The molecule has 0 unspecified atom stereocenters. The van der Waals surface area contributed by atoms with Crippen LogP contribution in [0.3, 0.4) is 0 Å². The lowest BCUT2D eigenvalue weighted by molar-refractivity contribution is 0.113. The molecule has 2 fully saturated rings. The number of hydrogen-bond acceptors (Lipinski definition) is 6. The van der Waals surface area contributed by atoms with Crippen LogP contribution in [0.2, 0.25) is 0 Å². The van der Waals surface area contributed by atoms with E-state index in [9.17, 15) is 17.9 Å². The summed E-state index contributed by atoms with van der Waals surface area (Å²) in [6, 6.07) is 8.15. The highest BCUT2D eigenvalue weighted by Crippen LogP contribution is 2.39. The van der Waals surface area contributed by atoms with E-state index in [-0.39, 0.29) is 4.90 Å². The first-order chi connectivity index (χ1) is 14.4. The zero-order valence-electron chi connectivity index (χ0n) is 16.2. The van der Waals surface area contributed by atoms with E-state index >= 15 is 0 Å². The SMILES string of the molecule is O=S(=O)(c1ccc2c(c1)c(Nc1ccc(F)cn1)nn2C1CC1)N1CCC(O)CC1. The van der Waals surface area contributed by atoms with Gasteiger partial charge in [-0.25, -0.2) is 17.8 Å². The number of piperidine rings is 1. The summed E-state index contributed by atoms with van der Waals surface area (Å²) in [5, 5.41) is 18.1. The van der Waals surface area contributed by atoms with Gasteiger partial charge in [0.05, 0.1) is 28.8 Å². The summed E-state index contributed by atoms with van der Waals surface area (Å²) >= 11 is 0. The third-order valence-corrected chi connectivity index (χ3v) is 7.50. The lowest BCUT2D eigenvalue weighted by Gasteiger charge is -2.28. The van der Waals surface area contributed by atoms with Crippen LogP contribution in [0, 0.1) is 5.82 Å². The summed E-state index contributed by atoms with van der Waals surface area (Å²) in [5.74, 6) is 0.480. The smallest absolute Gasteiger partial charge is 0.243 e. The minimum Gasteiger partial charge on any atom is -0.393 e. The number of aliphatic hydroxyl groups excluding tert-OH is 1. The van der Waals surface area contributed by atoms with Crippen LogP contribution >= 0.6 is 0 Å². The summed E-state index contributed by atoms with van der Waals surface area (Å²) in [5.41, 5.74) is 0.843. The average molecular weight is 431 g/mol. The van der Waals surface area contributed by atoms with Gasteiger partial charge in [0.15, 0.2) is 5.82 Å². The maximum Gasteiger partial charge on any atom is 0.243 e. The number of fused-ring (bicyclic) bond motifs is 1. The Balaban J connectivity index is 1.54. The first kappa shape index (κ1) is 19.4. The van der Waals surface area contributed by atoms with Gasteiger partial charge in [-0.15, -0.1) is 0 Å². The van der Waals surface area contributed by atoms with Gasteiger partial charge in [0.25, 0.3) is 0 Å². The van der Waals surface area contributed by atoms with E-state index in [4.69, 9.17) is 0 Å². The summed E-state index contributed by atoms with van der Waals surface area (Å²) in [7, 11) is -3.68. The predicted molar refractivity (Wildman–Crippen MR) is 109 cm³/mol. The van der Waals surface area contributed by atoms with Gasteiger partial charge in [0, 0.05) is 18.5 Å². The molecule has 1 aromatic carbocycles. The second-order valence-corrected chi connectivity index (χ2v) is 9.76. The van der Waals surface area contributed by atoms with Crippen LogP contribution in [0.5, 0.6) is 0 Å². The molecule has 3 heterocycles. The molecule has 0 atom stereocenters. The monoisotopic (exact) mass is 431 g/mol. The largest absolute Gasteiger partial charge is 0.393 e. The maximum atomic E-state index is 13.2. The fourth-order valence-electron chi connectivity index (χ4n) is 3.77. The first-order valence-corrected chi connectivity index (χ1v) is 11.4. The molecule has 3 aromatic rings. The first-order valence-electron chi connectivity index (χ1n) is 10.0. The molecule has 2 aromatic heterocycles. The standard InChI is InChI=1S/C20H22FN5O3S/c21-13-1-6-19(22-12-13)23-20-17-11-16(4-5-18(17)26(24-20)14-2-3-14)30(28,29)25-9-7-15(27)8-10-25/h1,4-6,11-12,14-15,27H,2-3,7-10H2,(H,22,23,24). The van der Waals surface area contributed by atoms with E-state index in [1.165, 1.54) is 16.4 Å². The summed E-state index contributed by atoms with van der Waals surface area (Å²) in [4.78, 5) is 4.21. The zero-order chi connectivity index (χ0) is 20.9. The highest BCUT2D eigenvalue weighted by molar-refractivity contribution is 7.89. The molecule has 5 rings (SSSR count). The van der Waals surface area contributed by atoms with Crippen LogP contribution in [0.15, 0.2) is 41.4 Å². The summed E-state index contributed by atoms with van der Waals surface area (Å²) < 4.78 is 42.8.